The largest absolute Gasteiger partial charge is 0.378 e. The van der Waals surface area contributed by atoms with E-state index in [0.717, 1.165) is 12.8 Å². The van der Waals surface area contributed by atoms with E-state index in [1.165, 1.54) is 0 Å². The van der Waals surface area contributed by atoms with Gasteiger partial charge >= 0.3 is 0 Å². The lowest BCUT2D eigenvalue weighted by molar-refractivity contribution is -0.122. The fourth-order valence-corrected chi connectivity index (χ4v) is 1.50. The number of ether oxygens (including phenoxy) is 1. The Kier molecular flexibility index (Phi) is 11.3. The highest BCUT2D eigenvalue weighted by molar-refractivity contribution is 5.76. The molecule has 0 aliphatic carbocycles. The number of carbonyl (C=O) groups excluding carboxylic acids is 2. The second-order valence-electron chi connectivity index (χ2n) is 5.01. The van der Waals surface area contributed by atoms with Crippen LogP contribution in [0.2, 0.25) is 0 Å². The summed E-state index contributed by atoms with van der Waals surface area (Å²) in [5, 5.41) is 5.58. The molecule has 116 valence electrons. The number of hydrogen-bond donors (Lipinski definition) is 2. The third-order valence-electron chi connectivity index (χ3n) is 2.49. The molecule has 0 heterocycles. The molecule has 0 atom stereocenters. The van der Waals surface area contributed by atoms with E-state index >= 15 is 0 Å². The molecule has 0 rings (SSSR count). The summed E-state index contributed by atoms with van der Waals surface area (Å²) in [5.41, 5.74) is 0. The number of unbranched alkanes of at least 4 members (excludes halogenated alkanes) is 1. The molecule has 2 amide bonds. The zero-order valence-corrected chi connectivity index (χ0v) is 12.5. The molecule has 0 aliphatic rings. The molecule has 0 aromatic rings. The van der Waals surface area contributed by atoms with Crippen molar-refractivity contribution in [2.75, 3.05) is 26.3 Å². The SMILES string of the molecule is CCCCC(=O)NCCOCCNC(=O)CC(C)C.[HH].[HH]. The Morgan fingerprint density at radius 2 is 1.68 bits per heavy atom. The van der Waals surface area contributed by atoms with Crippen molar-refractivity contribution < 1.29 is 17.2 Å². The normalized spacial score (nSPS) is 10.5. The molecule has 0 aromatic heterocycles. The van der Waals surface area contributed by atoms with Gasteiger partial charge in [-0.15, -0.1) is 0 Å². The van der Waals surface area contributed by atoms with Crippen LogP contribution in [0.5, 0.6) is 0 Å². The Morgan fingerprint density at radius 3 is 2.21 bits per heavy atom. The summed E-state index contributed by atoms with van der Waals surface area (Å²) in [6.07, 6.45) is 3.09. The van der Waals surface area contributed by atoms with Crippen LogP contribution in [-0.2, 0) is 14.3 Å². The van der Waals surface area contributed by atoms with Crippen molar-refractivity contribution in [3.8, 4) is 0 Å². The number of nitrogens with one attached hydrogen (secondary N) is 2. The molecule has 0 radical (unpaired) electrons. The topological polar surface area (TPSA) is 67.4 Å². The van der Waals surface area contributed by atoms with Gasteiger partial charge in [-0.3, -0.25) is 9.59 Å². The standard InChI is InChI=1S/C14H28N2O3.2H2/c1-4-5-6-13(17)15-7-9-19-10-8-16-14(18)11-12(2)3;;/h12H,4-11H2,1-3H3,(H,15,17)(H,16,18);2*1H. The Bertz CT molecular complexity index is 265. The lowest BCUT2D eigenvalue weighted by Crippen LogP contribution is -2.30. The van der Waals surface area contributed by atoms with E-state index in [2.05, 4.69) is 17.6 Å². The van der Waals surface area contributed by atoms with Gasteiger partial charge in [0.25, 0.3) is 0 Å². The van der Waals surface area contributed by atoms with Gasteiger partial charge in [0.2, 0.25) is 11.8 Å². The summed E-state index contributed by atoms with van der Waals surface area (Å²) in [7, 11) is 0. The lowest BCUT2D eigenvalue weighted by atomic mass is 10.1. The molecule has 5 nitrogen and oxygen atoms in total. The molecular formula is C14H32N2O3. The van der Waals surface area contributed by atoms with Crippen LogP contribution in [0.1, 0.15) is 49.3 Å². The Labute approximate surface area is 119 Å². The first-order valence-corrected chi connectivity index (χ1v) is 7.17. The third kappa shape index (κ3) is 13.1. The first-order chi connectivity index (χ1) is 9.06. The third-order valence-corrected chi connectivity index (χ3v) is 2.49. The van der Waals surface area contributed by atoms with Crippen LogP contribution in [0.4, 0.5) is 0 Å². The molecule has 0 saturated heterocycles. The highest BCUT2D eigenvalue weighted by Crippen LogP contribution is 1.97. The Hall–Kier alpha value is -1.10. The van der Waals surface area contributed by atoms with Gasteiger partial charge in [-0.05, 0) is 12.3 Å². The van der Waals surface area contributed by atoms with Crippen LogP contribution in [-0.4, -0.2) is 38.1 Å². The van der Waals surface area contributed by atoms with Gasteiger partial charge < -0.3 is 15.4 Å². The summed E-state index contributed by atoms with van der Waals surface area (Å²) in [6.45, 7) is 8.10. The van der Waals surface area contributed by atoms with Gasteiger partial charge in [-0.1, -0.05) is 27.2 Å². The van der Waals surface area contributed by atoms with Gasteiger partial charge in [-0.2, -0.15) is 0 Å². The summed E-state index contributed by atoms with van der Waals surface area (Å²) >= 11 is 0. The van der Waals surface area contributed by atoms with Gasteiger partial charge in [-0.25, -0.2) is 0 Å². The Morgan fingerprint density at radius 1 is 1.11 bits per heavy atom. The Balaban J connectivity index is -0.00000162. The summed E-state index contributed by atoms with van der Waals surface area (Å²) in [5.74, 6) is 0.515. The molecule has 0 aliphatic heterocycles. The van der Waals surface area contributed by atoms with Crippen molar-refractivity contribution in [1.29, 1.82) is 0 Å². The fraction of sp³-hybridized carbons (Fsp3) is 0.857. The number of rotatable bonds is 11. The van der Waals surface area contributed by atoms with Crippen molar-refractivity contribution in [2.24, 2.45) is 5.92 Å². The minimum Gasteiger partial charge on any atom is -0.378 e. The fourth-order valence-electron chi connectivity index (χ4n) is 1.50. The minimum atomic E-state index is 0. The zero-order chi connectivity index (χ0) is 14.5. The van der Waals surface area contributed by atoms with E-state index in [1.807, 2.05) is 13.8 Å². The van der Waals surface area contributed by atoms with Crippen LogP contribution >= 0.6 is 0 Å². The molecule has 0 unspecified atom stereocenters. The van der Waals surface area contributed by atoms with E-state index in [-0.39, 0.29) is 14.7 Å². The number of carbonyl (C=O) groups is 2. The predicted molar refractivity (Wildman–Crippen MR) is 80.0 cm³/mol. The van der Waals surface area contributed by atoms with Crippen LogP contribution < -0.4 is 10.6 Å². The lowest BCUT2D eigenvalue weighted by Gasteiger charge is -2.08. The first kappa shape index (κ1) is 17.9. The van der Waals surface area contributed by atoms with Crippen LogP contribution in [0, 0.1) is 5.92 Å². The van der Waals surface area contributed by atoms with Crippen LogP contribution in [0.25, 0.3) is 0 Å². The minimum absolute atomic E-state index is 0. The average molecular weight is 276 g/mol. The summed E-state index contributed by atoms with van der Waals surface area (Å²) in [4.78, 5) is 22.6. The maximum Gasteiger partial charge on any atom is 0.220 e. The maximum absolute atomic E-state index is 11.3. The maximum atomic E-state index is 11.3. The van der Waals surface area contributed by atoms with E-state index in [1.54, 1.807) is 0 Å². The predicted octanol–water partition coefficient (Wildman–Crippen LogP) is 1.96. The molecular weight excluding hydrogens is 244 g/mol. The van der Waals surface area contributed by atoms with E-state index in [4.69, 9.17) is 4.74 Å². The molecule has 0 fully saturated rings. The molecule has 2 N–H and O–H groups in total. The van der Waals surface area contributed by atoms with E-state index in [0.29, 0.717) is 45.1 Å². The van der Waals surface area contributed by atoms with Gasteiger partial charge in [0, 0.05) is 28.8 Å². The summed E-state index contributed by atoms with van der Waals surface area (Å²) < 4.78 is 5.31. The molecule has 5 heteroatoms. The molecule has 0 aromatic carbocycles. The van der Waals surface area contributed by atoms with E-state index in [9.17, 15) is 9.59 Å². The van der Waals surface area contributed by atoms with Gasteiger partial charge in [0.15, 0.2) is 0 Å². The van der Waals surface area contributed by atoms with Crippen molar-refractivity contribution in [2.45, 2.75) is 46.5 Å². The van der Waals surface area contributed by atoms with Crippen LogP contribution in [0.15, 0.2) is 0 Å². The number of hydrogen-bond acceptors (Lipinski definition) is 3. The monoisotopic (exact) mass is 276 g/mol. The molecule has 19 heavy (non-hydrogen) atoms. The first-order valence-electron chi connectivity index (χ1n) is 7.17. The smallest absolute Gasteiger partial charge is 0.220 e. The molecule has 0 spiro atoms. The average Bonchev–Trinajstić information content (AvgIpc) is 2.34. The highest BCUT2D eigenvalue weighted by atomic mass is 16.5. The number of amides is 2. The second kappa shape index (κ2) is 12.0. The van der Waals surface area contributed by atoms with Gasteiger partial charge in [0.1, 0.15) is 0 Å². The van der Waals surface area contributed by atoms with Crippen molar-refractivity contribution in [3.63, 3.8) is 0 Å². The van der Waals surface area contributed by atoms with Crippen molar-refractivity contribution in [3.05, 3.63) is 0 Å². The van der Waals surface area contributed by atoms with Gasteiger partial charge in [0.05, 0.1) is 13.2 Å². The second-order valence-corrected chi connectivity index (χ2v) is 5.01. The van der Waals surface area contributed by atoms with Crippen molar-refractivity contribution in [1.82, 2.24) is 10.6 Å². The molecule has 0 bridgehead atoms. The summed E-state index contributed by atoms with van der Waals surface area (Å²) in [6, 6.07) is 0. The van der Waals surface area contributed by atoms with Crippen LogP contribution in [0.3, 0.4) is 0 Å². The quantitative estimate of drug-likeness (QED) is 0.567. The van der Waals surface area contributed by atoms with Crippen molar-refractivity contribution >= 4 is 11.8 Å². The zero-order valence-electron chi connectivity index (χ0n) is 12.5. The molecule has 0 saturated carbocycles. The highest BCUT2D eigenvalue weighted by Gasteiger charge is 2.03. The van der Waals surface area contributed by atoms with E-state index < -0.39 is 0 Å².